The fraction of sp³-hybridized carbons (Fsp3) is 0.300. The normalized spacial score (nSPS) is 11.4. The molecule has 5 nitrogen and oxygen atoms in total. The molecule has 1 atom stereocenters. The molecule has 1 amide bonds. The van der Waals surface area contributed by atoms with E-state index < -0.39 is 0 Å². The first-order chi connectivity index (χ1) is 12.4. The van der Waals surface area contributed by atoms with Gasteiger partial charge >= 0.3 is 0 Å². The second-order valence-electron chi connectivity index (χ2n) is 6.35. The molecule has 0 fully saturated rings. The zero-order valence-corrected chi connectivity index (χ0v) is 16.4. The minimum absolute atomic E-state index is 0.0285. The van der Waals surface area contributed by atoms with Crippen LogP contribution in [0.2, 0.25) is 0 Å². The average Bonchev–Trinajstić information content (AvgIpc) is 2.61. The fourth-order valence-electron chi connectivity index (χ4n) is 2.32. The van der Waals surface area contributed by atoms with E-state index in [9.17, 15) is 4.79 Å². The summed E-state index contributed by atoms with van der Waals surface area (Å²) in [5.74, 6) is 0.848. The Morgan fingerprint density at radius 2 is 1.81 bits per heavy atom. The van der Waals surface area contributed by atoms with Gasteiger partial charge in [0.05, 0.1) is 6.04 Å². The van der Waals surface area contributed by atoms with Gasteiger partial charge in [-0.1, -0.05) is 18.2 Å². The number of thiocarbonyl (C=S) groups is 1. The van der Waals surface area contributed by atoms with Crippen molar-refractivity contribution < 1.29 is 9.53 Å². The molecule has 0 aliphatic carbocycles. The van der Waals surface area contributed by atoms with E-state index in [4.69, 9.17) is 17.0 Å². The Hall–Kier alpha value is -2.60. The molecule has 0 spiro atoms. The van der Waals surface area contributed by atoms with E-state index in [1.54, 1.807) is 31.1 Å². The highest BCUT2D eigenvalue weighted by atomic mass is 32.1. The molecule has 2 aromatic rings. The van der Waals surface area contributed by atoms with E-state index in [0.29, 0.717) is 17.3 Å². The third kappa shape index (κ3) is 5.74. The number of ether oxygens (including phenoxy) is 1. The summed E-state index contributed by atoms with van der Waals surface area (Å²) in [6, 6.07) is 15.2. The van der Waals surface area contributed by atoms with Crippen molar-refractivity contribution in [1.29, 1.82) is 0 Å². The van der Waals surface area contributed by atoms with Crippen LogP contribution in [0.15, 0.2) is 48.5 Å². The van der Waals surface area contributed by atoms with Crippen LogP contribution in [0.1, 0.15) is 22.8 Å². The molecule has 2 aromatic carbocycles. The van der Waals surface area contributed by atoms with E-state index in [1.165, 1.54) is 0 Å². The van der Waals surface area contributed by atoms with Gasteiger partial charge in [-0.15, -0.1) is 0 Å². The lowest BCUT2D eigenvalue weighted by Crippen LogP contribution is -2.39. The Morgan fingerprint density at radius 3 is 2.42 bits per heavy atom. The van der Waals surface area contributed by atoms with Gasteiger partial charge in [-0.05, 0) is 62.0 Å². The van der Waals surface area contributed by atoms with Crippen LogP contribution in [-0.4, -0.2) is 42.7 Å². The molecule has 0 radical (unpaired) electrons. The standard InChI is InChI=1S/C20H25N3O2S/c1-14-7-5-6-8-18(14)25-13-15(2)21-20(26)22-17-11-9-16(10-12-17)19(24)23(3)4/h5-12,15H,13H2,1-4H3,(H2,21,22,26)/t15-/m0/s1. The van der Waals surface area contributed by atoms with Gasteiger partial charge in [0, 0.05) is 25.3 Å². The lowest BCUT2D eigenvalue weighted by atomic mass is 10.2. The molecule has 0 saturated heterocycles. The maximum Gasteiger partial charge on any atom is 0.253 e. The van der Waals surface area contributed by atoms with Crippen LogP contribution >= 0.6 is 12.2 Å². The number of rotatable bonds is 6. The lowest BCUT2D eigenvalue weighted by molar-refractivity contribution is 0.0827. The molecule has 0 aromatic heterocycles. The van der Waals surface area contributed by atoms with Gasteiger partial charge in [-0.3, -0.25) is 4.79 Å². The Balaban J connectivity index is 1.82. The zero-order valence-electron chi connectivity index (χ0n) is 15.6. The first-order valence-electron chi connectivity index (χ1n) is 8.44. The molecule has 2 rings (SSSR count). The zero-order chi connectivity index (χ0) is 19.1. The van der Waals surface area contributed by atoms with E-state index in [-0.39, 0.29) is 11.9 Å². The first-order valence-corrected chi connectivity index (χ1v) is 8.85. The van der Waals surface area contributed by atoms with Gasteiger partial charge in [0.25, 0.3) is 5.91 Å². The van der Waals surface area contributed by atoms with Crippen molar-refractivity contribution in [2.45, 2.75) is 19.9 Å². The Bertz CT molecular complexity index is 760. The van der Waals surface area contributed by atoms with Gasteiger partial charge in [0.15, 0.2) is 5.11 Å². The number of benzene rings is 2. The minimum Gasteiger partial charge on any atom is -0.491 e. The Morgan fingerprint density at radius 1 is 1.15 bits per heavy atom. The number of anilines is 1. The summed E-state index contributed by atoms with van der Waals surface area (Å²) in [4.78, 5) is 13.4. The summed E-state index contributed by atoms with van der Waals surface area (Å²) in [5, 5.41) is 6.82. The van der Waals surface area contributed by atoms with Crippen LogP contribution in [0.3, 0.4) is 0 Å². The van der Waals surface area contributed by atoms with Crippen LogP contribution in [0.25, 0.3) is 0 Å². The molecule has 0 heterocycles. The molecule has 0 saturated carbocycles. The highest BCUT2D eigenvalue weighted by molar-refractivity contribution is 7.80. The van der Waals surface area contributed by atoms with Crippen molar-refractivity contribution >= 4 is 28.9 Å². The molecule has 6 heteroatoms. The molecule has 0 aliphatic heterocycles. The van der Waals surface area contributed by atoms with Gasteiger partial charge in [0.2, 0.25) is 0 Å². The smallest absolute Gasteiger partial charge is 0.253 e. The van der Waals surface area contributed by atoms with E-state index in [1.807, 2.05) is 50.2 Å². The highest BCUT2D eigenvalue weighted by Crippen LogP contribution is 2.16. The van der Waals surface area contributed by atoms with Crippen molar-refractivity contribution in [3.8, 4) is 5.75 Å². The molecule has 0 aliphatic rings. The maximum atomic E-state index is 11.9. The molecule has 2 N–H and O–H groups in total. The van der Waals surface area contributed by atoms with Crippen LogP contribution in [0.5, 0.6) is 5.75 Å². The quantitative estimate of drug-likeness (QED) is 0.762. The molecule has 0 unspecified atom stereocenters. The summed E-state index contributed by atoms with van der Waals surface area (Å²) in [7, 11) is 3.46. The third-order valence-electron chi connectivity index (χ3n) is 3.76. The topological polar surface area (TPSA) is 53.6 Å². The van der Waals surface area contributed by atoms with Gasteiger partial charge in [0.1, 0.15) is 12.4 Å². The Labute approximate surface area is 160 Å². The van der Waals surface area contributed by atoms with Crippen molar-refractivity contribution in [2.24, 2.45) is 0 Å². The minimum atomic E-state index is -0.0285. The summed E-state index contributed by atoms with van der Waals surface area (Å²) in [5.41, 5.74) is 2.57. The predicted octanol–water partition coefficient (Wildman–Crippen LogP) is 3.45. The summed E-state index contributed by atoms with van der Waals surface area (Å²) in [6.45, 7) is 4.53. The number of hydrogen-bond donors (Lipinski definition) is 2. The van der Waals surface area contributed by atoms with Gasteiger partial charge in [-0.25, -0.2) is 0 Å². The summed E-state index contributed by atoms with van der Waals surface area (Å²) in [6.07, 6.45) is 0. The summed E-state index contributed by atoms with van der Waals surface area (Å²) >= 11 is 5.34. The Kier molecular flexibility index (Phi) is 6.97. The van der Waals surface area contributed by atoms with Crippen LogP contribution < -0.4 is 15.4 Å². The van der Waals surface area contributed by atoms with Crippen molar-refractivity contribution in [3.05, 3.63) is 59.7 Å². The highest BCUT2D eigenvalue weighted by Gasteiger charge is 2.09. The van der Waals surface area contributed by atoms with E-state index in [0.717, 1.165) is 17.0 Å². The number of amides is 1. The summed E-state index contributed by atoms with van der Waals surface area (Å²) < 4.78 is 5.82. The first kappa shape index (κ1) is 19.7. The van der Waals surface area contributed by atoms with Crippen LogP contribution in [-0.2, 0) is 0 Å². The SMILES string of the molecule is Cc1ccccc1OC[C@H](C)NC(=S)Nc1ccc(C(=O)N(C)C)cc1. The molecule has 0 bridgehead atoms. The lowest BCUT2D eigenvalue weighted by Gasteiger charge is -2.18. The largest absolute Gasteiger partial charge is 0.491 e. The monoisotopic (exact) mass is 371 g/mol. The second kappa shape index (κ2) is 9.20. The third-order valence-corrected chi connectivity index (χ3v) is 3.98. The van der Waals surface area contributed by atoms with Crippen molar-refractivity contribution in [1.82, 2.24) is 10.2 Å². The van der Waals surface area contributed by atoms with Crippen molar-refractivity contribution in [3.63, 3.8) is 0 Å². The van der Waals surface area contributed by atoms with Gasteiger partial charge < -0.3 is 20.3 Å². The number of aryl methyl sites for hydroxylation is 1. The number of hydrogen-bond acceptors (Lipinski definition) is 3. The molecule has 138 valence electrons. The van der Waals surface area contributed by atoms with Gasteiger partial charge in [-0.2, -0.15) is 0 Å². The van der Waals surface area contributed by atoms with Crippen LogP contribution in [0, 0.1) is 6.92 Å². The molecule has 26 heavy (non-hydrogen) atoms. The number of carbonyl (C=O) groups is 1. The van der Waals surface area contributed by atoms with E-state index >= 15 is 0 Å². The molecular weight excluding hydrogens is 346 g/mol. The number of para-hydroxylation sites is 1. The fourth-order valence-corrected chi connectivity index (χ4v) is 2.64. The maximum absolute atomic E-state index is 11.9. The van der Waals surface area contributed by atoms with Crippen LogP contribution in [0.4, 0.5) is 5.69 Å². The number of nitrogens with zero attached hydrogens (tertiary/aromatic N) is 1. The molecular formula is C20H25N3O2S. The number of nitrogens with one attached hydrogen (secondary N) is 2. The van der Waals surface area contributed by atoms with E-state index in [2.05, 4.69) is 10.6 Å². The second-order valence-corrected chi connectivity index (χ2v) is 6.76. The number of carbonyl (C=O) groups excluding carboxylic acids is 1. The average molecular weight is 372 g/mol. The van der Waals surface area contributed by atoms with Crippen molar-refractivity contribution in [2.75, 3.05) is 26.0 Å². The predicted molar refractivity (Wildman–Crippen MR) is 110 cm³/mol.